The summed E-state index contributed by atoms with van der Waals surface area (Å²) >= 11 is 6.43. The highest BCUT2D eigenvalue weighted by Gasteiger charge is 1.88. The minimum Gasteiger partial charge on any atom is -0.398 e. The minimum absolute atomic E-state index is 0.680. The molecule has 0 amide bonds. The van der Waals surface area contributed by atoms with Crippen LogP contribution in [0.3, 0.4) is 0 Å². The first-order valence-electron chi connectivity index (χ1n) is 4.30. The Morgan fingerprint density at radius 1 is 1.00 bits per heavy atom. The molecule has 0 aliphatic heterocycles. The number of rotatable bonds is 0. The topological polar surface area (TPSA) is 77.8 Å². The molecule has 0 fully saturated rings. The van der Waals surface area contributed by atoms with Gasteiger partial charge in [-0.1, -0.05) is 0 Å². The molecule has 6 heteroatoms. The van der Waals surface area contributed by atoms with Crippen LogP contribution in [0.1, 0.15) is 0 Å². The van der Waals surface area contributed by atoms with Crippen molar-refractivity contribution in [3.63, 3.8) is 0 Å². The average molecular weight is 346 g/mol. The SMILES string of the molecule is Nc1ccncc1Br.Nc1cncc(Br)c1. The van der Waals surface area contributed by atoms with Crippen molar-refractivity contribution in [1.82, 2.24) is 9.97 Å². The first kappa shape index (κ1) is 12.9. The number of anilines is 2. The van der Waals surface area contributed by atoms with E-state index in [1.807, 2.05) is 0 Å². The summed E-state index contributed by atoms with van der Waals surface area (Å²) in [5.74, 6) is 0. The number of nitrogens with two attached hydrogens (primary N) is 2. The van der Waals surface area contributed by atoms with Crippen molar-refractivity contribution in [2.24, 2.45) is 0 Å². The number of aromatic nitrogens is 2. The summed E-state index contributed by atoms with van der Waals surface area (Å²) in [5, 5.41) is 0. The van der Waals surface area contributed by atoms with Gasteiger partial charge < -0.3 is 11.5 Å². The summed E-state index contributed by atoms with van der Waals surface area (Å²) in [5.41, 5.74) is 12.2. The highest BCUT2D eigenvalue weighted by Crippen LogP contribution is 2.14. The third kappa shape index (κ3) is 4.59. The number of halogens is 2. The predicted molar refractivity (Wildman–Crippen MR) is 72.7 cm³/mol. The van der Waals surface area contributed by atoms with Crippen molar-refractivity contribution in [3.8, 4) is 0 Å². The third-order valence-electron chi connectivity index (χ3n) is 1.53. The molecular weight excluding hydrogens is 336 g/mol. The van der Waals surface area contributed by atoms with E-state index in [1.165, 1.54) is 0 Å². The average Bonchev–Trinajstić information content (AvgIpc) is 2.23. The van der Waals surface area contributed by atoms with Gasteiger partial charge in [0.25, 0.3) is 0 Å². The van der Waals surface area contributed by atoms with E-state index in [1.54, 1.807) is 36.9 Å². The zero-order chi connectivity index (χ0) is 12.0. The zero-order valence-corrected chi connectivity index (χ0v) is 11.4. The second kappa shape index (κ2) is 6.44. The van der Waals surface area contributed by atoms with Gasteiger partial charge in [0, 0.05) is 34.9 Å². The van der Waals surface area contributed by atoms with Gasteiger partial charge in [0.15, 0.2) is 0 Å². The number of hydrogen-bond acceptors (Lipinski definition) is 4. The smallest absolute Gasteiger partial charge is 0.0588 e. The highest BCUT2D eigenvalue weighted by molar-refractivity contribution is 9.10. The molecule has 2 aromatic rings. The Kier molecular flexibility index (Phi) is 5.21. The highest BCUT2D eigenvalue weighted by atomic mass is 79.9. The van der Waals surface area contributed by atoms with Gasteiger partial charge in [-0.3, -0.25) is 9.97 Å². The molecule has 2 rings (SSSR count). The molecule has 0 spiro atoms. The van der Waals surface area contributed by atoms with E-state index in [0.29, 0.717) is 5.69 Å². The first-order chi connectivity index (χ1) is 7.59. The summed E-state index contributed by atoms with van der Waals surface area (Å²) in [6.45, 7) is 0. The standard InChI is InChI=1S/2C5H5BrN2/c6-4-1-5(7)3-8-2-4;6-4-3-8-2-1-5(4)7/h1-3H,7H2;1-3H,(H2,7,8). The lowest BCUT2D eigenvalue weighted by molar-refractivity contribution is 1.31. The molecule has 16 heavy (non-hydrogen) atoms. The maximum absolute atomic E-state index is 5.43. The molecule has 0 atom stereocenters. The third-order valence-corrected chi connectivity index (χ3v) is 2.63. The van der Waals surface area contributed by atoms with E-state index < -0.39 is 0 Å². The summed E-state index contributed by atoms with van der Waals surface area (Å²) in [6, 6.07) is 3.54. The van der Waals surface area contributed by atoms with Crippen molar-refractivity contribution < 1.29 is 0 Å². The lowest BCUT2D eigenvalue weighted by Crippen LogP contribution is -1.84. The van der Waals surface area contributed by atoms with E-state index in [0.717, 1.165) is 14.6 Å². The predicted octanol–water partition coefficient (Wildman–Crippen LogP) is 2.85. The van der Waals surface area contributed by atoms with E-state index >= 15 is 0 Å². The van der Waals surface area contributed by atoms with Gasteiger partial charge in [-0.2, -0.15) is 0 Å². The molecule has 0 aliphatic rings. The molecule has 0 radical (unpaired) electrons. The largest absolute Gasteiger partial charge is 0.398 e. The fourth-order valence-corrected chi connectivity index (χ4v) is 1.45. The summed E-state index contributed by atoms with van der Waals surface area (Å²) in [4.78, 5) is 7.63. The number of nitrogens with zero attached hydrogens (tertiary/aromatic N) is 2. The minimum atomic E-state index is 0.680. The van der Waals surface area contributed by atoms with E-state index in [-0.39, 0.29) is 0 Å². The van der Waals surface area contributed by atoms with Crippen LogP contribution in [0.5, 0.6) is 0 Å². The molecule has 4 nitrogen and oxygen atoms in total. The second-order valence-electron chi connectivity index (χ2n) is 2.83. The van der Waals surface area contributed by atoms with Gasteiger partial charge in [0.05, 0.1) is 10.2 Å². The van der Waals surface area contributed by atoms with Crippen LogP contribution >= 0.6 is 31.9 Å². The Morgan fingerprint density at radius 3 is 2.12 bits per heavy atom. The lowest BCUT2D eigenvalue weighted by Gasteiger charge is -1.91. The molecule has 0 saturated heterocycles. The maximum atomic E-state index is 5.43. The van der Waals surface area contributed by atoms with E-state index in [2.05, 4.69) is 41.8 Å². The normalized spacial score (nSPS) is 9.12. The fraction of sp³-hybridized carbons (Fsp3) is 0. The molecule has 0 saturated carbocycles. The van der Waals surface area contributed by atoms with Crippen LogP contribution < -0.4 is 11.5 Å². The first-order valence-corrected chi connectivity index (χ1v) is 5.89. The van der Waals surface area contributed by atoms with Gasteiger partial charge in [-0.15, -0.1) is 0 Å². The van der Waals surface area contributed by atoms with E-state index in [4.69, 9.17) is 11.5 Å². The molecular formula is C10H10Br2N4. The number of nitrogen functional groups attached to an aromatic ring is 2. The maximum Gasteiger partial charge on any atom is 0.0588 e. The lowest BCUT2D eigenvalue weighted by atomic mass is 10.4. The molecule has 0 bridgehead atoms. The van der Waals surface area contributed by atoms with Crippen molar-refractivity contribution in [2.75, 3.05) is 11.5 Å². The van der Waals surface area contributed by atoms with Crippen molar-refractivity contribution in [3.05, 3.63) is 45.9 Å². The van der Waals surface area contributed by atoms with Crippen LogP contribution in [0.15, 0.2) is 45.9 Å². The van der Waals surface area contributed by atoms with Crippen LogP contribution in [0.2, 0.25) is 0 Å². The van der Waals surface area contributed by atoms with Gasteiger partial charge in [-0.05, 0) is 44.0 Å². The van der Waals surface area contributed by atoms with Crippen LogP contribution in [-0.4, -0.2) is 9.97 Å². The van der Waals surface area contributed by atoms with Crippen LogP contribution in [0.25, 0.3) is 0 Å². The molecule has 2 heterocycles. The van der Waals surface area contributed by atoms with Crippen LogP contribution in [-0.2, 0) is 0 Å². The van der Waals surface area contributed by atoms with Gasteiger partial charge >= 0.3 is 0 Å². The van der Waals surface area contributed by atoms with E-state index in [9.17, 15) is 0 Å². The zero-order valence-electron chi connectivity index (χ0n) is 8.27. The van der Waals surface area contributed by atoms with Gasteiger partial charge in [0.1, 0.15) is 0 Å². The van der Waals surface area contributed by atoms with Crippen molar-refractivity contribution in [1.29, 1.82) is 0 Å². The monoisotopic (exact) mass is 344 g/mol. The summed E-state index contributed by atoms with van der Waals surface area (Å²) in [6.07, 6.45) is 6.61. The number of hydrogen-bond donors (Lipinski definition) is 2. The summed E-state index contributed by atoms with van der Waals surface area (Å²) in [7, 11) is 0. The number of pyridine rings is 2. The Balaban J connectivity index is 0.000000160. The Labute approximate surface area is 110 Å². The summed E-state index contributed by atoms with van der Waals surface area (Å²) < 4.78 is 1.76. The molecule has 0 aliphatic carbocycles. The Bertz CT molecular complexity index is 424. The fourth-order valence-electron chi connectivity index (χ4n) is 0.814. The van der Waals surface area contributed by atoms with Gasteiger partial charge in [0.2, 0.25) is 0 Å². The van der Waals surface area contributed by atoms with Gasteiger partial charge in [-0.25, -0.2) is 0 Å². The van der Waals surface area contributed by atoms with Crippen molar-refractivity contribution in [2.45, 2.75) is 0 Å². The Hall–Kier alpha value is -1.14. The van der Waals surface area contributed by atoms with Crippen LogP contribution in [0, 0.1) is 0 Å². The molecule has 0 unspecified atom stereocenters. The molecule has 4 N–H and O–H groups in total. The quantitative estimate of drug-likeness (QED) is 0.769. The molecule has 0 aromatic carbocycles. The van der Waals surface area contributed by atoms with Crippen molar-refractivity contribution >= 4 is 43.2 Å². The van der Waals surface area contributed by atoms with Crippen LogP contribution in [0.4, 0.5) is 11.4 Å². The molecule has 84 valence electrons. The second-order valence-corrected chi connectivity index (χ2v) is 4.60. The molecule has 2 aromatic heterocycles. The Morgan fingerprint density at radius 2 is 1.75 bits per heavy atom.